The highest BCUT2D eigenvalue weighted by Crippen LogP contribution is 2.35. The molecule has 0 amide bonds. The van der Waals surface area contributed by atoms with E-state index >= 15 is 0 Å². The number of thioether (sulfide) groups is 1. The number of carbonyl (C=O) groups is 1. The van der Waals surface area contributed by atoms with Gasteiger partial charge in [-0.15, -0.1) is 0 Å². The molecule has 5 unspecified atom stereocenters. The second-order valence-corrected chi connectivity index (χ2v) is 7.24. The molecule has 0 spiro atoms. The largest absolute Gasteiger partial charge is 0.453 e. The van der Waals surface area contributed by atoms with E-state index in [0.29, 0.717) is 5.56 Å². The Kier molecular flexibility index (Phi) is 6.32. The highest BCUT2D eigenvalue weighted by atomic mass is 32.2. The van der Waals surface area contributed by atoms with Crippen LogP contribution in [-0.2, 0) is 14.2 Å². The molecule has 5 atom stereocenters. The maximum atomic E-state index is 12.4. The number of benzene rings is 2. The number of hydrogen-bond acceptors (Lipinski definition) is 6. The summed E-state index contributed by atoms with van der Waals surface area (Å²) >= 11 is 1.42. The second kappa shape index (κ2) is 8.68. The molecule has 1 saturated heterocycles. The van der Waals surface area contributed by atoms with Crippen molar-refractivity contribution in [2.75, 3.05) is 7.11 Å². The maximum Gasteiger partial charge on any atom is 0.338 e. The topological polar surface area (TPSA) is 65.0 Å². The van der Waals surface area contributed by atoms with Crippen molar-refractivity contribution < 1.29 is 24.1 Å². The van der Waals surface area contributed by atoms with Gasteiger partial charge in [-0.05, 0) is 31.2 Å². The van der Waals surface area contributed by atoms with Gasteiger partial charge in [0, 0.05) is 12.0 Å². The number of aliphatic hydroxyl groups is 1. The standard InChI is InChI=1S/C20H22O5S/c1-13-17(25-19(22)14-9-5-3-6-10-14)18(23-2)16(21)20(24-13)26-15-11-7-4-8-12-15/h3-13,16-18,20-21H,1-2H3. The lowest BCUT2D eigenvalue weighted by molar-refractivity contribution is -0.201. The minimum absolute atomic E-state index is 0.419. The second-order valence-electron chi connectivity index (χ2n) is 6.07. The van der Waals surface area contributed by atoms with E-state index in [-0.39, 0.29) is 0 Å². The zero-order valence-electron chi connectivity index (χ0n) is 14.6. The molecule has 1 heterocycles. The predicted molar refractivity (Wildman–Crippen MR) is 99.1 cm³/mol. The summed E-state index contributed by atoms with van der Waals surface area (Å²) in [6.07, 6.45) is -2.73. The van der Waals surface area contributed by atoms with Crippen molar-refractivity contribution in [1.29, 1.82) is 0 Å². The highest BCUT2D eigenvalue weighted by Gasteiger charge is 2.46. The SMILES string of the molecule is COC1C(O)C(Sc2ccccc2)OC(C)C1OC(=O)c1ccccc1. The Morgan fingerprint density at radius 2 is 1.65 bits per heavy atom. The predicted octanol–water partition coefficient (Wildman–Crippen LogP) is 3.13. The summed E-state index contributed by atoms with van der Waals surface area (Å²) in [5.74, 6) is -0.463. The number of aliphatic hydroxyl groups excluding tert-OH is 1. The number of esters is 1. The molecule has 1 aliphatic rings. The third-order valence-electron chi connectivity index (χ3n) is 4.27. The molecule has 0 radical (unpaired) electrons. The number of methoxy groups -OCH3 is 1. The van der Waals surface area contributed by atoms with E-state index in [4.69, 9.17) is 14.2 Å². The first kappa shape index (κ1) is 18.9. The maximum absolute atomic E-state index is 12.4. The van der Waals surface area contributed by atoms with Gasteiger partial charge < -0.3 is 19.3 Å². The van der Waals surface area contributed by atoms with E-state index in [2.05, 4.69) is 0 Å². The normalized spacial score (nSPS) is 28.5. The van der Waals surface area contributed by atoms with Crippen LogP contribution in [0.5, 0.6) is 0 Å². The van der Waals surface area contributed by atoms with Crippen molar-refractivity contribution in [3.63, 3.8) is 0 Å². The Balaban J connectivity index is 1.71. The van der Waals surface area contributed by atoms with E-state index in [9.17, 15) is 9.90 Å². The molecule has 1 aliphatic heterocycles. The van der Waals surface area contributed by atoms with Crippen molar-refractivity contribution in [3.8, 4) is 0 Å². The summed E-state index contributed by atoms with van der Waals surface area (Å²) in [5, 5.41) is 10.7. The smallest absolute Gasteiger partial charge is 0.338 e. The first-order chi connectivity index (χ1) is 12.6. The molecule has 1 N–H and O–H groups in total. The van der Waals surface area contributed by atoms with Gasteiger partial charge in [0.1, 0.15) is 17.6 Å². The molecule has 6 heteroatoms. The van der Waals surface area contributed by atoms with Crippen LogP contribution in [0.2, 0.25) is 0 Å². The van der Waals surface area contributed by atoms with Crippen molar-refractivity contribution in [1.82, 2.24) is 0 Å². The minimum Gasteiger partial charge on any atom is -0.453 e. The fourth-order valence-corrected chi connectivity index (χ4v) is 4.03. The molecule has 3 rings (SSSR count). The van der Waals surface area contributed by atoms with Crippen LogP contribution in [0.15, 0.2) is 65.6 Å². The number of hydrogen-bond donors (Lipinski definition) is 1. The van der Waals surface area contributed by atoms with Gasteiger partial charge in [-0.25, -0.2) is 4.79 Å². The molecule has 0 aromatic heterocycles. The zero-order chi connectivity index (χ0) is 18.5. The number of rotatable bonds is 5. The molecule has 26 heavy (non-hydrogen) atoms. The summed E-state index contributed by atoms with van der Waals surface area (Å²) in [6.45, 7) is 1.82. The molecule has 0 bridgehead atoms. The van der Waals surface area contributed by atoms with Crippen LogP contribution < -0.4 is 0 Å². The first-order valence-electron chi connectivity index (χ1n) is 8.44. The van der Waals surface area contributed by atoms with Gasteiger partial charge in [-0.2, -0.15) is 0 Å². The van der Waals surface area contributed by atoms with E-state index < -0.39 is 35.8 Å². The highest BCUT2D eigenvalue weighted by molar-refractivity contribution is 7.99. The molecular formula is C20H22O5S. The van der Waals surface area contributed by atoms with Crippen molar-refractivity contribution in [3.05, 3.63) is 66.2 Å². The molecule has 0 aliphatic carbocycles. The average Bonchev–Trinajstić information content (AvgIpc) is 2.67. The molecule has 0 saturated carbocycles. The Morgan fingerprint density at radius 3 is 2.27 bits per heavy atom. The first-order valence-corrected chi connectivity index (χ1v) is 9.32. The fourth-order valence-electron chi connectivity index (χ4n) is 2.92. The Labute approximate surface area is 157 Å². The van der Waals surface area contributed by atoms with Crippen molar-refractivity contribution >= 4 is 17.7 Å². The van der Waals surface area contributed by atoms with Crippen LogP contribution in [-0.4, -0.2) is 48.0 Å². The van der Waals surface area contributed by atoms with E-state index in [1.54, 1.807) is 24.3 Å². The monoisotopic (exact) mass is 374 g/mol. The summed E-state index contributed by atoms with van der Waals surface area (Å²) in [5.41, 5.74) is -0.0612. The van der Waals surface area contributed by atoms with Crippen LogP contribution >= 0.6 is 11.8 Å². The lowest BCUT2D eigenvalue weighted by Gasteiger charge is -2.42. The Hall–Kier alpha value is -1.86. The fraction of sp³-hybridized carbons (Fsp3) is 0.350. The van der Waals surface area contributed by atoms with Gasteiger partial charge >= 0.3 is 5.97 Å². The van der Waals surface area contributed by atoms with Gasteiger partial charge in [0.2, 0.25) is 0 Å². The van der Waals surface area contributed by atoms with Gasteiger partial charge in [0.05, 0.1) is 11.7 Å². The summed E-state index contributed by atoms with van der Waals surface area (Å²) in [4.78, 5) is 13.4. The molecule has 2 aromatic carbocycles. The number of carbonyl (C=O) groups excluding carboxylic acids is 1. The lowest BCUT2D eigenvalue weighted by Crippen LogP contribution is -2.57. The summed E-state index contributed by atoms with van der Waals surface area (Å²) < 4.78 is 17.0. The van der Waals surface area contributed by atoms with Crippen LogP contribution in [0.1, 0.15) is 17.3 Å². The van der Waals surface area contributed by atoms with Crippen LogP contribution in [0.4, 0.5) is 0 Å². The summed E-state index contributed by atoms with van der Waals surface area (Å²) in [7, 11) is 1.50. The lowest BCUT2D eigenvalue weighted by atomic mass is 10.0. The van der Waals surface area contributed by atoms with Crippen LogP contribution in [0, 0.1) is 0 Å². The molecular weight excluding hydrogens is 352 g/mol. The Bertz CT molecular complexity index is 709. The van der Waals surface area contributed by atoms with Crippen LogP contribution in [0.3, 0.4) is 0 Å². The third-order valence-corrected chi connectivity index (χ3v) is 5.44. The third kappa shape index (κ3) is 4.27. The van der Waals surface area contributed by atoms with Crippen molar-refractivity contribution in [2.45, 2.75) is 41.7 Å². The van der Waals surface area contributed by atoms with E-state index in [1.807, 2.05) is 43.3 Å². The van der Waals surface area contributed by atoms with Crippen LogP contribution in [0.25, 0.3) is 0 Å². The van der Waals surface area contributed by atoms with Gasteiger partial charge in [0.25, 0.3) is 0 Å². The van der Waals surface area contributed by atoms with Gasteiger partial charge in [-0.3, -0.25) is 0 Å². The quantitative estimate of drug-likeness (QED) is 0.812. The molecule has 2 aromatic rings. The molecule has 1 fully saturated rings. The minimum atomic E-state index is -0.935. The molecule has 138 valence electrons. The van der Waals surface area contributed by atoms with E-state index in [1.165, 1.54) is 18.9 Å². The number of ether oxygens (including phenoxy) is 3. The van der Waals surface area contributed by atoms with Gasteiger partial charge in [-0.1, -0.05) is 48.2 Å². The summed E-state index contributed by atoms with van der Waals surface area (Å²) in [6, 6.07) is 18.4. The molecule has 5 nitrogen and oxygen atoms in total. The average molecular weight is 374 g/mol. The van der Waals surface area contributed by atoms with E-state index in [0.717, 1.165) is 4.90 Å². The van der Waals surface area contributed by atoms with Gasteiger partial charge in [0.15, 0.2) is 6.10 Å². The zero-order valence-corrected chi connectivity index (χ0v) is 15.5. The Morgan fingerprint density at radius 1 is 1.04 bits per heavy atom. The van der Waals surface area contributed by atoms with Crippen molar-refractivity contribution in [2.24, 2.45) is 0 Å².